The van der Waals surface area contributed by atoms with Crippen molar-refractivity contribution in [3.63, 3.8) is 0 Å². The van der Waals surface area contributed by atoms with E-state index in [2.05, 4.69) is 5.32 Å². The van der Waals surface area contributed by atoms with Crippen LogP contribution >= 0.6 is 24.0 Å². The second-order valence-electron chi connectivity index (χ2n) is 3.46. The number of carbonyl (C=O) groups is 1. The van der Waals surface area contributed by atoms with Gasteiger partial charge in [0.15, 0.2) is 0 Å². The first-order valence-electron chi connectivity index (χ1n) is 5.00. The van der Waals surface area contributed by atoms with Gasteiger partial charge in [-0.05, 0) is 24.1 Å². The summed E-state index contributed by atoms with van der Waals surface area (Å²) in [5, 5.41) is 11.8. The number of anilines is 1. The lowest BCUT2D eigenvalue weighted by molar-refractivity contribution is -0.138. The van der Waals surface area contributed by atoms with Gasteiger partial charge in [0.05, 0.1) is 0 Å². The fraction of sp³-hybridized carbons (Fsp3) is 0.364. The van der Waals surface area contributed by atoms with Gasteiger partial charge in [0.1, 0.15) is 6.04 Å². The van der Waals surface area contributed by atoms with Crippen LogP contribution in [0.1, 0.15) is 5.56 Å². The molecule has 1 rings (SSSR count). The number of alkyl halides is 1. The van der Waals surface area contributed by atoms with Crippen LogP contribution in [0.4, 0.5) is 5.69 Å². The third-order valence-corrected chi connectivity index (χ3v) is 2.34. The summed E-state index contributed by atoms with van der Waals surface area (Å²) < 4.78 is 0. The molecule has 1 aromatic carbocycles. The van der Waals surface area contributed by atoms with Crippen molar-refractivity contribution in [3.8, 4) is 0 Å². The lowest BCUT2D eigenvalue weighted by Crippen LogP contribution is -2.32. The molecular formula is C11H16Cl2N2O2. The van der Waals surface area contributed by atoms with Gasteiger partial charge in [0.2, 0.25) is 0 Å². The van der Waals surface area contributed by atoms with Gasteiger partial charge in [0.25, 0.3) is 0 Å². The van der Waals surface area contributed by atoms with Gasteiger partial charge in [-0.25, -0.2) is 0 Å². The van der Waals surface area contributed by atoms with Crippen molar-refractivity contribution >= 4 is 35.7 Å². The first-order chi connectivity index (χ1) is 7.63. The molecule has 4 N–H and O–H groups in total. The Kier molecular flexibility index (Phi) is 7.70. The van der Waals surface area contributed by atoms with Crippen LogP contribution in [0.2, 0.25) is 0 Å². The number of hydrogen-bond acceptors (Lipinski definition) is 3. The zero-order chi connectivity index (χ0) is 12.0. The summed E-state index contributed by atoms with van der Waals surface area (Å²) >= 11 is 5.54. The van der Waals surface area contributed by atoms with E-state index < -0.39 is 12.0 Å². The van der Waals surface area contributed by atoms with Crippen molar-refractivity contribution < 1.29 is 9.90 Å². The van der Waals surface area contributed by atoms with E-state index in [0.29, 0.717) is 18.8 Å². The Labute approximate surface area is 112 Å². The van der Waals surface area contributed by atoms with Gasteiger partial charge < -0.3 is 16.2 Å². The maximum absolute atomic E-state index is 10.6. The molecule has 1 aromatic rings. The normalized spacial score (nSPS) is 11.4. The molecule has 0 bridgehead atoms. The van der Waals surface area contributed by atoms with Crippen LogP contribution in [0, 0.1) is 0 Å². The molecule has 0 aliphatic rings. The zero-order valence-electron chi connectivity index (χ0n) is 9.23. The quantitative estimate of drug-likeness (QED) is 0.693. The van der Waals surface area contributed by atoms with Crippen LogP contribution in [0.15, 0.2) is 24.3 Å². The van der Waals surface area contributed by atoms with Crippen LogP contribution in [-0.4, -0.2) is 29.5 Å². The summed E-state index contributed by atoms with van der Waals surface area (Å²) in [5.74, 6) is -0.435. The molecule has 4 nitrogen and oxygen atoms in total. The number of nitrogens with one attached hydrogen (secondary N) is 1. The highest BCUT2D eigenvalue weighted by molar-refractivity contribution is 6.18. The van der Waals surface area contributed by atoms with E-state index in [1.165, 1.54) is 0 Å². The molecular weight excluding hydrogens is 263 g/mol. The summed E-state index contributed by atoms with van der Waals surface area (Å²) in [6, 6.07) is 6.65. The molecule has 0 aromatic heterocycles. The lowest BCUT2D eigenvalue weighted by atomic mass is 10.1. The summed E-state index contributed by atoms with van der Waals surface area (Å²) in [7, 11) is 0. The highest BCUT2D eigenvalue weighted by atomic mass is 35.5. The Bertz CT molecular complexity index is 344. The first-order valence-corrected chi connectivity index (χ1v) is 5.54. The minimum absolute atomic E-state index is 0. The van der Waals surface area contributed by atoms with Gasteiger partial charge >= 0.3 is 5.97 Å². The number of hydrogen-bond donors (Lipinski definition) is 3. The number of rotatable bonds is 6. The number of carboxylic acids is 1. The fourth-order valence-corrected chi connectivity index (χ4v) is 1.39. The largest absolute Gasteiger partial charge is 0.480 e. The Hall–Kier alpha value is -0.970. The van der Waals surface area contributed by atoms with Crippen LogP contribution < -0.4 is 11.1 Å². The molecule has 0 saturated carbocycles. The molecule has 6 heteroatoms. The van der Waals surface area contributed by atoms with E-state index in [1.54, 1.807) is 0 Å². The second kappa shape index (κ2) is 8.17. The number of benzene rings is 1. The number of halogens is 2. The van der Waals surface area contributed by atoms with Crippen LogP contribution in [0.3, 0.4) is 0 Å². The van der Waals surface area contributed by atoms with Crippen LogP contribution in [0.5, 0.6) is 0 Å². The van der Waals surface area contributed by atoms with Crippen LogP contribution in [0.25, 0.3) is 0 Å². The Morgan fingerprint density at radius 3 is 2.47 bits per heavy atom. The van der Waals surface area contributed by atoms with Crippen molar-refractivity contribution in [2.75, 3.05) is 17.7 Å². The van der Waals surface area contributed by atoms with Crippen molar-refractivity contribution in [1.29, 1.82) is 0 Å². The Morgan fingerprint density at radius 2 is 2.00 bits per heavy atom. The highest BCUT2D eigenvalue weighted by Gasteiger charge is 2.11. The monoisotopic (exact) mass is 278 g/mol. The van der Waals surface area contributed by atoms with E-state index in [9.17, 15) is 4.79 Å². The van der Waals surface area contributed by atoms with Crippen LogP contribution in [-0.2, 0) is 11.2 Å². The number of carboxylic acid groups (broad SMARTS) is 1. The van der Waals surface area contributed by atoms with E-state index in [0.717, 1.165) is 11.3 Å². The predicted octanol–water partition coefficient (Wildman–Crippen LogP) is 1.71. The lowest BCUT2D eigenvalue weighted by Gasteiger charge is -2.08. The molecule has 0 aliphatic heterocycles. The standard InChI is InChI=1S/C11H15ClN2O2.ClH/c12-5-6-14-9-3-1-8(2-4-9)7-10(13)11(15)16;/h1-4,10,14H,5-7,13H2,(H,15,16);1H. The third kappa shape index (κ3) is 5.77. The average Bonchev–Trinajstić information content (AvgIpc) is 2.28. The predicted molar refractivity (Wildman–Crippen MR) is 72.2 cm³/mol. The number of aliphatic carboxylic acids is 1. The minimum atomic E-state index is -0.982. The molecule has 17 heavy (non-hydrogen) atoms. The first kappa shape index (κ1) is 16.0. The fourth-order valence-electron chi connectivity index (χ4n) is 1.29. The molecule has 0 heterocycles. The maximum atomic E-state index is 10.6. The third-order valence-electron chi connectivity index (χ3n) is 2.15. The summed E-state index contributed by atoms with van der Waals surface area (Å²) in [6.45, 7) is 0.704. The maximum Gasteiger partial charge on any atom is 0.320 e. The van der Waals surface area contributed by atoms with E-state index in [1.807, 2.05) is 24.3 Å². The topological polar surface area (TPSA) is 75.3 Å². The minimum Gasteiger partial charge on any atom is -0.480 e. The number of nitrogens with two attached hydrogens (primary N) is 1. The molecule has 0 amide bonds. The van der Waals surface area contributed by atoms with E-state index in [4.69, 9.17) is 22.4 Å². The SMILES string of the molecule is Cl.NC(Cc1ccc(NCCCl)cc1)C(=O)O. The second-order valence-corrected chi connectivity index (χ2v) is 3.84. The van der Waals surface area contributed by atoms with E-state index >= 15 is 0 Å². The summed E-state index contributed by atoms with van der Waals surface area (Å²) in [4.78, 5) is 10.6. The smallest absolute Gasteiger partial charge is 0.320 e. The van der Waals surface area contributed by atoms with Crippen molar-refractivity contribution in [2.24, 2.45) is 5.73 Å². The molecule has 0 fully saturated rings. The zero-order valence-corrected chi connectivity index (χ0v) is 10.8. The molecule has 1 unspecified atom stereocenters. The molecule has 0 radical (unpaired) electrons. The summed E-state index contributed by atoms with van der Waals surface area (Å²) in [5.41, 5.74) is 7.31. The van der Waals surface area contributed by atoms with Gasteiger partial charge in [-0.2, -0.15) is 0 Å². The van der Waals surface area contributed by atoms with Gasteiger partial charge in [-0.3, -0.25) is 4.79 Å². The Morgan fingerprint density at radius 1 is 1.41 bits per heavy atom. The molecule has 0 spiro atoms. The van der Waals surface area contributed by atoms with Crippen molar-refractivity contribution in [1.82, 2.24) is 0 Å². The van der Waals surface area contributed by atoms with E-state index in [-0.39, 0.29) is 12.4 Å². The van der Waals surface area contributed by atoms with Gasteiger partial charge in [0, 0.05) is 18.1 Å². The highest BCUT2D eigenvalue weighted by Crippen LogP contribution is 2.10. The van der Waals surface area contributed by atoms with Gasteiger partial charge in [-0.1, -0.05) is 12.1 Å². The van der Waals surface area contributed by atoms with Crippen molar-refractivity contribution in [3.05, 3.63) is 29.8 Å². The molecule has 1 atom stereocenters. The average molecular weight is 279 g/mol. The molecule has 96 valence electrons. The molecule has 0 saturated heterocycles. The van der Waals surface area contributed by atoms with Crippen molar-refractivity contribution in [2.45, 2.75) is 12.5 Å². The molecule has 0 aliphatic carbocycles. The Balaban J connectivity index is 0.00000256. The summed E-state index contributed by atoms with van der Waals surface area (Å²) in [6.07, 6.45) is 0.338. The van der Waals surface area contributed by atoms with Gasteiger partial charge in [-0.15, -0.1) is 24.0 Å².